The zero-order valence-corrected chi connectivity index (χ0v) is 6.91. The second-order valence-electron chi connectivity index (χ2n) is 0.862. The predicted molar refractivity (Wildman–Crippen MR) is 23.3 cm³/mol. The van der Waals surface area contributed by atoms with E-state index in [1.54, 1.807) is 0 Å². The Balaban J connectivity index is 0. The molecule has 0 bridgehead atoms. The Morgan fingerprint density at radius 1 is 1.83 bits per heavy atom. The van der Waals surface area contributed by atoms with E-state index in [0.717, 1.165) is 6.54 Å². The molecule has 0 amide bonds. The van der Waals surface area contributed by atoms with Gasteiger partial charge in [-0.1, -0.05) is 0 Å². The first kappa shape index (κ1) is 10.1. The van der Waals surface area contributed by atoms with E-state index < -0.39 is 0 Å². The van der Waals surface area contributed by atoms with Gasteiger partial charge in [-0.2, -0.15) is 13.5 Å². The summed E-state index contributed by atoms with van der Waals surface area (Å²) < 4.78 is 0. The van der Waals surface area contributed by atoms with Gasteiger partial charge in [0.15, 0.2) is 0 Å². The van der Waals surface area contributed by atoms with Crippen molar-refractivity contribution >= 4 is 0 Å². The maximum atomic E-state index is 3.39. The third kappa shape index (κ3) is 8.91. The summed E-state index contributed by atoms with van der Waals surface area (Å²) in [6.07, 6.45) is 2.01. The Hall–Kier alpha value is 1.06. The number of nitrogens with one attached hydrogen (secondary N) is 1. The van der Waals surface area contributed by atoms with Crippen molar-refractivity contribution in [3.8, 4) is 0 Å². The molecular formula is C4H9NY-2. The SMILES string of the molecule is [CH2-]NC[CH-]C.[Y]. The number of hydrogen-bond acceptors (Lipinski definition) is 1. The third-order valence-electron chi connectivity index (χ3n) is 0.348. The summed E-state index contributed by atoms with van der Waals surface area (Å²) in [5, 5.41) is 2.71. The van der Waals surface area contributed by atoms with E-state index in [1.165, 1.54) is 0 Å². The van der Waals surface area contributed by atoms with Gasteiger partial charge in [0, 0.05) is 32.7 Å². The Labute approximate surface area is 64.8 Å². The molecule has 0 aromatic carbocycles. The fourth-order valence-corrected chi connectivity index (χ4v) is 0.144. The quantitative estimate of drug-likeness (QED) is 0.583. The van der Waals surface area contributed by atoms with E-state index in [9.17, 15) is 0 Å². The minimum atomic E-state index is 0. The van der Waals surface area contributed by atoms with E-state index in [2.05, 4.69) is 12.4 Å². The molecule has 0 aromatic heterocycles. The van der Waals surface area contributed by atoms with Crippen LogP contribution >= 0.6 is 0 Å². The number of rotatable bonds is 2. The second kappa shape index (κ2) is 9.42. The van der Waals surface area contributed by atoms with Gasteiger partial charge in [0.05, 0.1) is 0 Å². The molecule has 1 radical (unpaired) electrons. The summed E-state index contributed by atoms with van der Waals surface area (Å²) in [5.41, 5.74) is 0. The van der Waals surface area contributed by atoms with Crippen LogP contribution in [0, 0.1) is 13.5 Å². The topological polar surface area (TPSA) is 12.0 Å². The van der Waals surface area contributed by atoms with Gasteiger partial charge in [0.2, 0.25) is 0 Å². The molecule has 0 aliphatic heterocycles. The molecule has 0 rings (SSSR count). The molecule has 6 heavy (non-hydrogen) atoms. The van der Waals surface area contributed by atoms with Crippen LogP contribution in [-0.2, 0) is 32.7 Å². The van der Waals surface area contributed by atoms with E-state index in [0.29, 0.717) is 0 Å². The first-order valence-corrected chi connectivity index (χ1v) is 1.69. The van der Waals surface area contributed by atoms with E-state index in [4.69, 9.17) is 0 Å². The molecular weight excluding hydrogens is 151 g/mol. The fraction of sp³-hybridized carbons (Fsp3) is 0.500. The van der Waals surface area contributed by atoms with Crippen LogP contribution in [0.3, 0.4) is 0 Å². The maximum absolute atomic E-state index is 3.39. The van der Waals surface area contributed by atoms with Gasteiger partial charge in [0.1, 0.15) is 0 Å². The molecule has 35 valence electrons. The van der Waals surface area contributed by atoms with Crippen LogP contribution in [0.2, 0.25) is 0 Å². The standard InChI is InChI=1S/C4H9N.Y/c1-3-4-5-2;/h3,5H,2,4H2,1H3;/q-2;. The molecule has 0 saturated heterocycles. The molecule has 0 aromatic rings. The summed E-state index contributed by atoms with van der Waals surface area (Å²) in [6.45, 7) is 2.89. The van der Waals surface area contributed by atoms with Crippen molar-refractivity contribution in [1.82, 2.24) is 5.32 Å². The van der Waals surface area contributed by atoms with Crippen LogP contribution in [0.15, 0.2) is 0 Å². The Morgan fingerprint density at radius 3 is 2.33 bits per heavy atom. The Morgan fingerprint density at radius 2 is 2.33 bits per heavy atom. The zero-order chi connectivity index (χ0) is 4.12. The first-order chi connectivity index (χ1) is 2.41. The first-order valence-electron chi connectivity index (χ1n) is 1.69. The van der Waals surface area contributed by atoms with Crippen molar-refractivity contribution in [2.45, 2.75) is 6.92 Å². The molecule has 0 spiro atoms. The van der Waals surface area contributed by atoms with Crippen molar-refractivity contribution in [2.75, 3.05) is 6.54 Å². The van der Waals surface area contributed by atoms with Gasteiger partial charge in [-0.15, -0.1) is 0 Å². The normalized spacial score (nSPS) is 7.00. The molecule has 0 atom stereocenters. The average Bonchev–Trinajstić information content (AvgIpc) is 1.41. The van der Waals surface area contributed by atoms with Gasteiger partial charge in [-0.05, 0) is 0 Å². The van der Waals surface area contributed by atoms with Gasteiger partial charge >= 0.3 is 0 Å². The monoisotopic (exact) mass is 160 g/mol. The second-order valence-corrected chi connectivity index (χ2v) is 0.862. The molecule has 0 heterocycles. The molecule has 0 saturated carbocycles. The van der Waals surface area contributed by atoms with Crippen LogP contribution in [0.1, 0.15) is 6.92 Å². The average molecular weight is 160 g/mol. The number of hydrogen-bond donors (Lipinski definition) is 1. The van der Waals surface area contributed by atoms with Crippen LogP contribution in [0.5, 0.6) is 0 Å². The van der Waals surface area contributed by atoms with Crippen LogP contribution < -0.4 is 5.32 Å². The smallest absolute Gasteiger partial charge is 0 e. The summed E-state index contributed by atoms with van der Waals surface area (Å²) in [4.78, 5) is 0. The third-order valence-corrected chi connectivity index (χ3v) is 0.348. The molecule has 0 fully saturated rings. The minimum absolute atomic E-state index is 0. The molecule has 0 aliphatic rings. The molecule has 2 heteroatoms. The van der Waals surface area contributed by atoms with Crippen molar-refractivity contribution in [3.05, 3.63) is 13.5 Å². The van der Waals surface area contributed by atoms with Gasteiger partial charge in [-0.3, -0.25) is 7.05 Å². The van der Waals surface area contributed by atoms with Crippen molar-refractivity contribution in [2.24, 2.45) is 0 Å². The molecule has 0 aliphatic carbocycles. The van der Waals surface area contributed by atoms with Gasteiger partial charge in [-0.25, -0.2) is 0 Å². The van der Waals surface area contributed by atoms with E-state index >= 15 is 0 Å². The largest absolute Gasteiger partial charge is 0.498 e. The predicted octanol–water partition coefficient (Wildman–Crippen LogP) is 0.589. The molecule has 1 nitrogen and oxygen atoms in total. The van der Waals surface area contributed by atoms with Crippen molar-refractivity contribution < 1.29 is 32.7 Å². The molecule has 1 N–H and O–H groups in total. The Bertz CT molecular complexity index is 15.0. The summed E-state index contributed by atoms with van der Waals surface area (Å²) in [6, 6.07) is 0. The van der Waals surface area contributed by atoms with Gasteiger partial charge < -0.3 is 11.7 Å². The van der Waals surface area contributed by atoms with Crippen LogP contribution in [-0.4, -0.2) is 6.54 Å². The molecule has 0 unspecified atom stereocenters. The van der Waals surface area contributed by atoms with Crippen molar-refractivity contribution in [1.29, 1.82) is 0 Å². The van der Waals surface area contributed by atoms with Crippen LogP contribution in [0.25, 0.3) is 0 Å². The zero-order valence-electron chi connectivity index (χ0n) is 4.07. The summed E-state index contributed by atoms with van der Waals surface area (Å²) >= 11 is 0. The van der Waals surface area contributed by atoms with Crippen molar-refractivity contribution in [3.63, 3.8) is 0 Å². The Kier molecular flexibility index (Phi) is 15.9. The van der Waals surface area contributed by atoms with E-state index in [-0.39, 0.29) is 32.7 Å². The fourth-order valence-electron chi connectivity index (χ4n) is 0.144. The minimum Gasteiger partial charge on any atom is -0.498 e. The summed E-state index contributed by atoms with van der Waals surface area (Å²) in [7, 11) is 3.39. The maximum Gasteiger partial charge on any atom is 0 e. The van der Waals surface area contributed by atoms with Gasteiger partial charge in [0.25, 0.3) is 0 Å². The van der Waals surface area contributed by atoms with Crippen LogP contribution in [0.4, 0.5) is 0 Å². The van der Waals surface area contributed by atoms with E-state index in [1.807, 2.05) is 13.3 Å². The summed E-state index contributed by atoms with van der Waals surface area (Å²) in [5.74, 6) is 0.